The van der Waals surface area contributed by atoms with Crippen LogP contribution in [0.2, 0.25) is 0 Å². The minimum atomic E-state index is 0.750. The average Bonchev–Trinajstić information content (AvgIpc) is 2.33. The molecule has 80 valence electrons. The van der Waals surface area contributed by atoms with E-state index in [1.54, 1.807) is 11.8 Å². The Balaban J connectivity index is 0.000000386. The second-order valence-corrected chi connectivity index (χ2v) is 3.98. The Morgan fingerprint density at radius 2 is 1.12 bits per heavy atom. The molecule has 0 radical (unpaired) electrons. The Bertz CT molecular complexity index is 399. The second-order valence-electron chi connectivity index (χ2n) is 2.83. The first-order valence-corrected chi connectivity index (χ1v) is 5.50. The highest BCUT2D eigenvalue weighted by Gasteiger charge is 1.93. The molecule has 1 N–H and O–H groups in total. The minimum absolute atomic E-state index is 0.750. The van der Waals surface area contributed by atoms with Gasteiger partial charge < -0.3 is 0 Å². The molecule has 0 saturated heterocycles. The summed E-state index contributed by atoms with van der Waals surface area (Å²) >= 11 is 1.79. The first-order chi connectivity index (χ1) is 7.86. The third-order valence-corrected chi connectivity index (χ3v) is 2.74. The number of benzene rings is 2. The Morgan fingerprint density at radius 1 is 0.812 bits per heavy atom. The molecule has 0 atom stereocenters. The van der Waals surface area contributed by atoms with Crippen molar-refractivity contribution in [1.29, 1.82) is 5.41 Å². The van der Waals surface area contributed by atoms with Crippen LogP contribution in [-0.4, -0.2) is 6.08 Å². The number of nitrogens with one attached hydrogen (secondary N) is 1. The maximum atomic E-state index is 8.35. The Hall–Kier alpha value is -1.83. The summed E-state index contributed by atoms with van der Waals surface area (Å²) in [5.74, 6) is 0. The van der Waals surface area contributed by atoms with E-state index in [4.69, 9.17) is 10.2 Å². The monoisotopic (exact) mass is 229 g/mol. The molecule has 0 fully saturated rings. The highest BCUT2D eigenvalue weighted by Crippen LogP contribution is 2.26. The lowest BCUT2D eigenvalue weighted by atomic mass is 10.4. The summed E-state index contributed by atoms with van der Waals surface area (Å²) in [4.78, 5) is 10.9. The summed E-state index contributed by atoms with van der Waals surface area (Å²) in [6, 6.07) is 20.8. The standard InChI is InChI=1S/C12H10S.CHNO/c1-3-7-11(8-4-1)13-12-9-5-2-6-10-12;2-1-3/h1-10H;2H. The molecule has 0 spiro atoms. The van der Waals surface area contributed by atoms with Crippen molar-refractivity contribution in [3.05, 3.63) is 60.7 Å². The number of hydrogen-bond acceptors (Lipinski definition) is 3. The van der Waals surface area contributed by atoms with Crippen molar-refractivity contribution in [2.75, 3.05) is 0 Å². The molecule has 16 heavy (non-hydrogen) atoms. The molecule has 2 aromatic rings. The van der Waals surface area contributed by atoms with Crippen LogP contribution in [0.1, 0.15) is 0 Å². The molecule has 2 rings (SSSR count). The topological polar surface area (TPSA) is 40.9 Å². The van der Waals surface area contributed by atoms with Gasteiger partial charge in [0.1, 0.15) is 0 Å². The van der Waals surface area contributed by atoms with Gasteiger partial charge in [-0.15, -0.1) is 0 Å². The van der Waals surface area contributed by atoms with Gasteiger partial charge in [0, 0.05) is 9.79 Å². The van der Waals surface area contributed by atoms with Crippen molar-refractivity contribution in [1.82, 2.24) is 0 Å². The van der Waals surface area contributed by atoms with E-state index >= 15 is 0 Å². The lowest BCUT2D eigenvalue weighted by molar-refractivity contribution is 0.563. The van der Waals surface area contributed by atoms with Gasteiger partial charge in [-0.1, -0.05) is 48.2 Å². The average molecular weight is 229 g/mol. The maximum absolute atomic E-state index is 8.35. The van der Waals surface area contributed by atoms with E-state index in [1.165, 1.54) is 9.79 Å². The molecule has 0 aliphatic rings. The van der Waals surface area contributed by atoms with Crippen molar-refractivity contribution in [3.8, 4) is 0 Å². The molecule has 3 heteroatoms. The highest BCUT2D eigenvalue weighted by molar-refractivity contribution is 7.99. The molecular formula is C13H11NOS. The van der Waals surface area contributed by atoms with Gasteiger partial charge in [-0.3, -0.25) is 0 Å². The summed E-state index contributed by atoms with van der Waals surface area (Å²) in [6.07, 6.45) is 0.750. The second kappa shape index (κ2) is 7.46. The van der Waals surface area contributed by atoms with Gasteiger partial charge in [0.05, 0.1) is 0 Å². The van der Waals surface area contributed by atoms with Gasteiger partial charge >= 0.3 is 0 Å². The first kappa shape index (κ1) is 12.2. The molecule has 2 nitrogen and oxygen atoms in total. The normalized spacial score (nSPS) is 8.50. The predicted molar refractivity (Wildman–Crippen MR) is 65.4 cm³/mol. The maximum Gasteiger partial charge on any atom is 0.231 e. The molecule has 0 aliphatic heterocycles. The highest BCUT2D eigenvalue weighted by atomic mass is 32.2. The first-order valence-electron chi connectivity index (χ1n) is 4.68. The number of hydrogen-bond donors (Lipinski definition) is 1. The third kappa shape index (κ3) is 4.60. The summed E-state index contributed by atoms with van der Waals surface area (Å²) in [5, 5.41) is 5.40. The molecule has 2 aromatic carbocycles. The van der Waals surface area contributed by atoms with Crippen LogP contribution >= 0.6 is 11.8 Å². The number of rotatable bonds is 2. The Kier molecular flexibility index (Phi) is 5.71. The number of carbonyl (C=O) groups excluding carboxylic acids is 1. The van der Waals surface area contributed by atoms with Crippen LogP contribution in [0.25, 0.3) is 0 Å². The van der Waals surface area contributed by atoms with Gasteiger partial charge in [0.15, 0.2) is 0 Å². The fourth-order valence-electron chi connectivity index (χ4n) is 1.11. The largest absolute Gasteiger partial charge is 0.231 e. The van der Waals surface area contributed by atoms with Crippen molar-refractivity contribution in [3.63, 3.8) is 0 Å². The van der Waals surface area contributed by atoms with E-state index < -0.39 is 0 Å². The molecule has 0 aliphatic carbocycles. The summed E-state index contributed by atoms with van der Waals surface area (Å²) in [5.41, 5.74) is 0. The van der Waals surface area contributed by atoms with Crippen molar-refractivity contribution in [2.24, 2.45) is 0 Å². The molecule has 0 heterocycles. The molecule has 0 aromatic heterocycles. The van der Waals surface area contributed by atoms with Crippen LogP contribution in [0.3, 0.4) is 0 Å². The minimum Gasteiger partial charge on any atom is -0.222 e. The lowest BCUT2D eigenvalue weighted by Crippen LogP contribution is -1.70. The van der Waals surface area contributed by atoms with E-state index in [1.807, 2.05) is 12.1 Å². The SMILES string of the molecule is N=C=O.c1ccc(Sc2ccccc2)cc1. The van der Waals surface area contributed by atoms with E-state index in [-0.39, 0.29) is 0 Å². The van der Waals surface area contributed by atoms with E-state index in [0.29, 0.717) is 0 Å². The van der Waals surface area contributed by atoms with Crippen molar-refractivity contribution in [2.45, 2.75) is 9.79 Å². The van der Waals surface area contributed by atoms with Gasteiger partial charge in [-0.25, -0.2) is 10.2 Å². The lowest BCUT2D eigenvalue weighted by Gasteiger charge is -1.99. The zero-order valence-electron chi connectivity index (χ0n) is 8.59. The fourth-order valence-corrected chi connectivity index (χ4v) is 1.97. The summed E-state index contributed by atoms with van der Waals surface area (Å²) < 4.78 is 0. The van der Waals surface area contributed by atoms with E-state index in [2.05, 4.69) is 48.5 Å². The van der Waals surface area contributed by atoms with Crippen molar-refractivity contribution >= 4 is 17.8 Å². The number of isocyanates is 1. The van der Waals surface area contributed by atoms with Gasteiger partial charge in [0.2, 0.25) is 6.08 Å². The van der Waals surface area contributed by atoms with Gasteiger partial charge in [-0.2, -0.15) is 0 Å². The van der Waals surface area contributed by atoms with E-state index in [9.17, 15) is 0 Å². The van der Waals surface area contributed by atoms with Crippen LogP contribution in [0.4, 0.5) is 0 Å². The molecule has 0 amide bonds. The van der Waals surface area contributed by atoms with Crippen LogP contribution < -0.4 is 0 Å². The van der Waals surface area contributed by atoms with E-state index in [0.717, 1.165) is 6.08 Å². The summed E-state index contributed by atoms with van der Waals surface area (Å²) in [6.45, 7) is 0. The van der Waals surface area contributed by atoms with Gasteiger partial charge in [-0.05, 0) is 24.3 Å². The van der Waals surface area contributed by atoms with Crippen LogP contribution in [-0.2, 0) is 4.79 Å². The molecule has 0 bridgehead atoms. The van der Waals surface area contributed by atoms with Crippen molar-refractivity contribution < 1.29 is 4.79 Å². The van der Waals surface area contributed by atoms with Crippen LogP contribution in [0.15, 0.2) is 70.5 Å². The Labute approximate surface area is 98.8 Å². The zero-order chi connectivity index (χ0) is 11.6. The zero-order valence-corrected chi connectivity index (χ0v) is 9.41. The molecule has 0 saturated carbocycles. The van der Waals surface area contributed by atoms with Crippen LogP contribution in [0.5, 0.6) is 0 Å². The Morgan fingerprint density at radius 3 is 1.44 bits per heavy atom. The third-order valence-electron chi connectivity index (χ3n) is 1.72. The fraction of sp³-hybridized carbons (Fsp3) is 0. The predicted octanol–water partition coefficient (Wildman–Crippen LogP) is 3.74. The quantitative estimate of drug-likeness (QED) is 0.629. The molecular weight excluding hydrogens is 218 g/mol. The molecule has 0 unspecified atom stereocenters. The van der Waals surface area contributed by atoms with Crippen LogP contribution in [0, 0.1) is 5.41 Å². The smallest absolute Gasteiger partial charge is 0.222 e. The van der Waals surface area contributed by atoms with Gasteiger partial charge in [0.25, 0.3) is 0 Å². The summed E-state index contributed by atoms with van der Waals surface area (Å²) in [7, 11) is 0.